The van der Waals surface area contributed by atoms with Crippen LogP contribution in [0.4, 0.5) is 0 Å². The van der Waals surface area contributed by atoms with E-state index in [0.29, 0.717) is 5.91 Å². The molecule has 0 fully saturated rings. The number of nitrogens with zero attached hydrogens (tertiary/aromatic N) is 1. The molecule has 0 N–H and O–H groups in total. The summed E-state index contributed by atoms with van der Waals surface area (Å²) in [7, 11) is 0. The van der Waals surface area contributed by atoms with Crippen LogP contribution in [0.2, 0.25) is 0 Å². The van der Waals surface area contributed by atoms with Gasteiger partial charge in [0.25, 0.3) is 0 Å². The third-order valence-electron chi connectivity index (χ3n) is 3.47. The van der Waals surface area contributed by atoms with E-state index in [1.165, 1.54) is 51.4 Å². The Kier molecular flexibility index (Phi) is 11.2. The van der Waals surface area contributed by atoms with Crippen molar-refractivity contribution >= 4 is 5.91 Å². The smallest absolute Gasteiger partial charge is 0.225 e. The van der Waals surface area contributed by atoms with E-state index >= 15 is 0 Å². The van der Waals surface area contributed by atoms with Gasteiger partial charge in [0.15, 0.2) is 0 Å². The third kappa shape index (κ3) is 8.54. The van der Waals surface area contributed by atoms with Crippen molar-refractivity contribution in [1.82, 2.24) is 4.90 Å². The molecule has 108 valence electrons. The fourth-order valence-corrected chi connectivity index (χ4v) is 2.23. The number of carbonyl (C=O) groups is 1. The number of hydrogen-bond acceptors (Lipinski definition) is 1. The quantitative estimate of drug-likeness (QED) is 0.493. The van der Waals surface area contributed by atoms with E-state index < -0.39 is 0 Å². The summed E-state index contributed by atoms with van der Waals surface area (Å²) in [6, 6.07) is 0. The van der Waals surface area contributed by atoms with Gasteiger partial charge in [-0.1, -0.05) is 65.7 Å². The number of unbranched alkanes of at least 4 members (excludes halogenated alkanes) is 7. The van der Waals surface area contributed by atoms with Gasteiger partial charge < -0.3 is 4.90 Å². The molecule has 0 aliphatic carbocycles. The van der Waals surface area contributed by atoms with Gasteiger partial charge in [0.1, 0.15) is 0 Å². The molecule has 0 saturated heterocycles. The Morgan fingerprint density at radius 3 is 1.83 bits per heavy atom. The summed E-state index contributed by atoms with van der Waals surface area (Å²) in [6.45, 7) is 10.1. The Balaban J connectivity index is 3.48. The van der Waals surface area contributed by atoms with Crippen molar-refractivity contribution in [2.45, 2.75) is 79.1 Å². The first-order valence-corrected chi connectivity index (χ1v) is 7.92. The van der Waals surface area contributed by atoms with Gasteiger partial charge in [-0.25, -0.2) is 0 Å². The molecule has 2 nitrogen and oxygen atoms in total. The van der Waals surface area contributed by atoms with Crippen LogP contribution in [0.25, 0.3) is 0 Å². The monoisotopic (exact) mass is 255 g/mol. The second-order valence-electron chi connectivity index (χ2n) is 5.55. The van der Waals surface area contributed by atoms with Crippen LogP contribution in [0.5, 0.6) is 0 Å². The van der Waals surface area contributed by atoms with Crippen LogP contribution < -0.4 is 0 Å². The molecule has 0 aliphatic rings. The molecule has 0 unspecified atom stereocenters. The lowest BCUT2D eigenvalue weighted by Crippen LogP contribution is -2.34. The third-order valence-corrected chi connectivity index (χ3v) is 3.47. The van der Waals surface area contributed by atoms with Crippen molar-refractivity contribution in [3.63, 3.8) is 0 Å². The SMILES string of the molecule is CCCCCCCCCCN(CC)C(=O)C(C)C. The fourth-order valence-electron chi connectivity index (χ4n) is 2.23. The summed E-state index contributed by atoms with van der Waals surface area (Å²) in [4.78, 5) is 13.8. The predicted molar refractivity (Wildman–Crippen MR) is 79.7 cm³/mol. The number of hydrogen-bond donors (Lipinski definition) is 0. The molecule has 0 aromatic rings. The molecule has 0 heterocycles. The zero-order valence-electron chi connectivity index (χ0n) is 13.0. The van der Waals surface area contributed by atoms with Crippen LogP contribution in [0, 0.1) is 5.92 Å². The van der Waals surface area contributed by atoms with E-state index in [9.17, 15) is 4.79 Å². The molecule has 0 atom stereocenters. The van der Waals surface area contributed by atoms with E-state index in [1.807, 2.05) is 18.7 Å². The van der Waals surface area contributed by atoms with Crippen molar-refractivity contribution in [2.75, 3.05) is 13.1 Å². The summed E-state index contributed by atoms with van der Waals surface area (Å²) < 4.78 is 0. The standard InChI is InChI=1S/C16H33NO/c1-5-7-8-9-10-11-12-13-14-17(6-2)16(18)15(3)4/h15H,5-14H2,1-4H3. The second-order valence-corrected chi connectivity index (χ2v) is 5.55. The Hall–Kier alpha value is -0.530. The summed E-state index contributed by atoms with van der Waals surface area (Å²) in [6.07, 6.45) is 10.6. The Bertz CT molecular complexity index is 201. The van der Waals surface area contributed by atoms with Crippen LogP contribution in [0.3, 0.4) is 0 Å². The van der Waals surface area contributed by atoms with Gasteiger partial charge in [-0.05, 0) is 13.3 Å². The second kappa shape index (κ2) is 11.6. The maximum atomic E-state index is 11.8. The van der Waals surface area contributed by atoms with Crippen LogP contribution in [-0.2, 0) is 4.79 Å². The van der Waals surface area contributed by atoms with Gasteiger partial charge in [-0.15, -0.1) is 0 Å². The van der Waals surface area contributed by atoms with Gasteiger partial charge in [-0.2, -0.15) is 0 Å². The van der Waals surface area contributed by atoms with E-state index in [-0.39, 0.29) is 5.92 Å². The van der Waals surface area contributed by atoms with Crippen molar-refractivity contribution in [2.24, 2.45) is 5.92 Å². The highest BCUT2D eigenvalue weighted by atomic mass is 16.2. The van der Waals surface area contributed by atoms with Crippen molar-refractivity contribution in [3.05, 3.63) is 0 Å². The molecular formula is C16H33NO. The molecule has 0 spiro atoms. The van der Waals surface area contributed by atoms with Gasteiger partial charge in [0, 0.05) is 19.0 Å². The minimum Gasteiger partial charge on any atom is -0.343 e. The van der Waals surface area contributed by atoms with E-state index in [4.69, 9.17) is 0 Å². The highest BCUT2D eigenvalue weighted by molar-refractivity contribution is 5.78. The summed E-state index contributed by atoms with van der Waals surface area (Å²) >= 11 is 0. The molecule has 0 rings (SSSR count). The summed E-state index contributed by atoms with van der Waals surface area (Å²) in [5.74, 6) is 0.444. The molecule has 0 aromatic carbocycles. The average molecular weight is 255 g/mol. The molecule has 1 amide bonds. The lowest BCUT2D eigenvalue weighted by molar-refractivity contribution is -0.134. The summed E-state index contributed by atoms with van der Waals surface area (Å²) in [5.41, 5.74) is 0. The molecule has 0 saturated carbocycles. The van der Waals surface area contributed by atoms with Crippen molar-refractivity contribution in [3.8, 4) is 0 Å². The van der Waals surface area contributed by atoms with Crippen LogP contribution in [0.1, 0.15) is 79.1 Å². The van der Waals surface area contributed by atoms with Crippen LogP contribution in [-0.4, -0.2) is 23.9 Å². The summed E-state index contributed by atoms with van der Waals surface area (Å²) in [5, 5.41) is 0. The van der Waals surface area contributed by atoms with E-state index in [2.05, 4.69) is 13.8 Å². The number of carbonyl (C=O) groups excluding carboxylic acids is 1. The lowest BCUT2D eigenvalue weighted by Gasteiger charge is -2.22. The molecule has 0 aromatic heterocycles. The van der Waals surface area contributed by atoms with E-state index in [1.54, 1.807) is 0 Å². The van der Waals surface area contributed by atoms with Crippen LogP contribution >= 0.6 is 0 Å². The molecule has 0 radical (unpaired) electrons. The minimum atomic E-state index is 0.138. The first-order chi connectivity index (χ1) is 8.63. The maximum absolute atomic E-state index is 11.8. The number of rotatable bonds is 11. The predicted octanol–water partition coefficient (Wildman–Crippen LogP) is 4.63. The molecule has 0 bridgehead atoms. The van der Waals surface area contributed by atoms with Crippen LogP contribution in [0.15, 0.2) is 0 Å². The Morgan fingerprint density at radius 2 is 1.39 bits per heavy atom. The van der Waals surface area contributed by atoms with E-state index in [0.717, 1.165) is 13.1 Å². The highest BCUT2D eigenvalue weighted by Crippen LogP contribution is 2.09. The van der Waals surface area contributed by atoms with Gasteiger partial charge in [0.05, 0.1) is 0 Å². The van der Waals surface area contributed by atoms with Gasteiger partial charge >= 0.3 is 0 Å². The lowest BCUT2D eigenvalue weighted by atomic mass is 10.1. The fraction of sp³-hybridized carbons (Fsp3) is 0.938. The minimum absolute atomic E-state index is 0.138. The zero-order chi connectivity index (χ0) is 13.8. The first kappa shape index (κ1) is 17.5. The van der Waals surface area contributed by atoms with Gasteiger partial charge in [0.2, 0.25) is 5.91 Å². The average Bonchev–Trinajstić information content (AvgIpc) is 2.36. The topological polar surface area (TPSA) is 20.3 Å². The Labute approximate surface area is 114 Å². The first-order valence-electron chi connectivity index (χ1n) is 7.92. The molecule has 2 heteroatoms. The molecule has 18 heavy (non-hydrogen) atoms. The molecule has 0 aliphatic heterocycles. The normalized spacial score (nSPS) is 10.9. The maximum Gasteiger partial charge on any atom is 0.225 e. The zero-order valence-corrected chi connectivity index (χ0v) is 13.0. The van der Waals surface area contributed by atoms with Crippen molar-refractivity contribution < 1.29 is 4.79 Å². The largest absolute Gasteiger partial charge is 0.343 e. The van der Waals surface area contributed by atoms with Gasteiger partial charge in [-0.3, -0.25) is 4.79 Å². The Morgan fingerprint density at radius 1 is 0.889 bits per heavy atom. The molecular weight excluding hydrogens is 222 g/mol. The van der Waals surface area contributed by atoms with Crippen molar-refractivity contribution in [1.29, 1.82) is 0 Å². The number of amides is 1. The highest BCUT2D eigenvalue weighted by Gasteiger charge is 2.14.